The van der Waals surface area contributed by atoms with E-state index in [1.165, 1.54) is 0 Å². The lowest BCUT2D eigenvalue weighted by atomic mass is 10.2. The maximum absolute atomic E-state index is 11.6. The maximum Gasteiger partial charge on any atom is 0.225 e. The van der Waals surface area contributed by atoms with Crippen molar-refractivity contribution in [2.75, 3.05) is 19.6 Å². The van der Waals surface area contributed by atoms with Gasteiger partial charge in [-0.25, -0.2) is 0 Å². The molecule has 1 aliphatic heterocycles. The number of carbonyl (C=O) groups is 1. The Hall–Kier alpha value is -0.280. The van der Waals surface area contributed by atoms with Gasteiger partial charge in [-0.3, -0.25) is 4.79 Å². The van der Waals surface area contributed by atoms with Gasteiger partial charge in [0.25, 0.3) is 0 Å². The van der Waals surface area contributed by atoms with Crippen molar-refractivity contribution < 1.29 is 4.79 Å². The van der Waals surface area contributed by atoms with E-state index in [1.54, 1.807) is 0 Å². The summed E-state index contributed by atoms with van der Waals surface area (Å²) in [7, 11) is 0. The molecular formula is C10H21ClN2O. The van der Waals surface area contributed by atoms with Crippen molar-refractivity contribution in [2.45, 2.75) is 33.2 Å². The molecule has 1 atom stereocenters. The number of hydrogen-bond acceptors (Lipinski definition) is 2. The topological polar surface area (TPSA) is 32.3 Å². The third kappa shape index (κ3) is 3.46. The SMILES string of the molecule is CCN[C@@H]1CCN(C(=O)C(C)C)C1.Cl. The van der Waals surface area contributed by atoms with E-state index in [1.807, 2.05) is 18.7 Å². The van der Waals surface area contributed by atoms with E-state index in [4.69, 9.17) is 0 Å². The minimum atomic E-state index is 0. The van der Waals surface area contributed by atoms with Crippen LogP contribution >= 0.6 is 12.4 Å². The Balaban J connectivity index is 0.00000169. The average Bonchev–Trinajstić information content (AvgIpc) is 2.52. The molecule has 3 nitrogen and oxygen atoms in total. The molecule has 1 aliphatic rings. The third-order valence-corrected chi connectivity index (χ3v) is 2.49. The summed E-state index contributed by atoms with van der Waals surface area (Å²) in [6.07, 6.45) is 1.10. The van der Waals surface area contributed by atoms with Gasteiger partial charge in [0.05, 0.1) is 0 Å². The van der Waals surface area contributed by atoms with E-state index in [9.17, 15) is 4.79 Å². The zero-order chi connectivity index (χ0) is 9.84. The van der Waals surface area contributed by atoms with Gasteiger partial charge in [-0.15, -0.1) is 12.4 Å². The quantitative estimate of drug-likeness (QED) is 0.777. The Bertz CT molecular complexity index is 185. The molecule has 0 aromatic heterocycles. The van der Waals surface area contributed by atoms with Crippen molar-refractivity contribution in [3.8, 4) is 0 Å². The van der Waals surface area contributed by atoms with Gasteiger partial charge >= 0.3 is 0 Å². The highest BCUT2D eigenvalue weighted by molar-refractivity contribution is 5.85. The average molecular weight is 221 g/mol. The lowest BCUT2D eigenvalue weighted by molar-refractivity contribution is -0.133. The van der Waals surface area contributed by atoms with Gasteiger partial charge in [-0.05, 0) is 13.0 Å². The van der Waals surface area contributed by atoms with Crippen molar-refractivity contribution in [1.82, 2.24) is 10.2 Å². The first-order valence-corrected chi connectivity index (χ1v) is 5.17. The highest BCUT2D eigenvalue weighted by atomic mass is 35.5. The van der Waals surface area contributed by atoms with Crippen LogP contribution in [0.1, 0.15) is 27.2 Å². The second-order valence-electron chi connectivity index (χ2n) is 3.98. The van der Waals surface area contributed by atoms with Gasteiger partial charge in [0.15, 0.2) is 0 Å². The predicted molar refractivity (Wildman–Crippen MR) is 60.7 cm³/mol. The molecule has 4 heteroatoms. The molecule has 1 N–H and O–H groups in total. The molecule has 0 aromatic carbocycles. The Morgan fingerprint density at radius 2 is 2.21 bits per heavy atom. The summed E-state index contributed by atoms with van der Waals surface area (Å²) in [4.78, 5) is 13.6. The summed E-state index contributed by atoms with van der Waals surface area (Å²) in [5.74, 6) is 0.431. The summed E-state index contributed by atoms with van der Waals surface area (Å²) < 4.78 is 0. The Labute approximate surface area is 92.6 Å². The summed E-state index contributed by atoms with van der Waals surface area (Å²) in [5, 5.41) is 3.37. The van der Waals surface area contributed by atoms with Gasteiger partial charge in [-0.1, -0.05) is 20.8 Å². The first-order chi connectivity index (χ1) is 6.15. The number of nitrogens with zero attached hydrogens (tertiary/aromatic N) is 1. The summed E-state index contributed by atoms with van der Waals surface area (Å²) in [5.41, 5.74) is 0. The van der Waals surface area contributed by atoms with E-state index in [0.717, 1.165) is 26.1 Å². The van der Waals surface area contributed by atoms with Crippen molar-refractivity contribution in [2.24, 2.45) is 5.92 Å². The van der Waals surface area contributed by atoms with E-state index < -0.39 is 0 Å². The smallest absolute Gasteiger partial charge is 0.225 e. The van der Waals surface area contributed by atoms with E-state index in [2.05, 4.69) is 12.2 Å². The molecule has 1 heterocycles. The maximum atomic E-state index is 11.6. The molecule has 0 saturated carbocycles. The van der Waals surface area contributed by atoms with Gasteiger partial charge in [0.1, 0.15) is 0 Å². The van der Waals surface area contributed by atoms with Gasteiger partial charge in [0.2, 0.25) is 5.91 Å². The minimum absolute atomic E-state index is 0. The summed E-state index contributed by atoms with van der Waals surface area (Å²) in [6, 6.07) is 0.521. The zero-order valence-electron chi connectivity index (χ0n) is 9.25. The van der Waals surface area contributed by atoms with Gasteiger partial charge < -0.3 is 10.2 Å². The molecular weight excluding hydrogens is 200 g/mol. The number of carbonyl (C=O) groups excluding carboxylic acids is 1. The second-order valence-corrected chi connectivity index (χ2v) is 3.98. The molecule has 1 fully saturated rings. The Kier molecular flexibility index (Phi) is 6.12. The molecule has 1 saturated heterocycles. The number of likely N-dealkylation sites (tertiary alicyclic amines) is 1. The van der Waals surface area contributed by atoms with Crippen molar-refractivity contribution in [3.05, 3.63) is 0 Å². The highest BCUT2D eigenvalue weighted by Crippen LogP contribution is 2.12. The molecule has 0 radical (unpaired) electrons. The second kappa shape index (κ2) is 6.25. The monoisotopic (exact) mass is 220 g/mol. The largest absolute Gasteiger partial charge is 0.341 e. The molecule has 84 valence electrons. The number of nitrogens with one attached hydrogen (secondary N) is 1. The van der Waals surface area contributed by atoms with Crippen LogP contribution in [-0.4, -0.2) is 36.5 Å². The summed E-state index contributed by atoms with van der Waals surface area (Å²) >= 11 is 0. The minimum Gasteiger partial charge on any atom is -0.341 e. The fourth-order valence-corrected chi connectivity index (χ4v) is 1.78. The normalized spacial score (nSPS) is 21.1. The van der Waals surface area contributed by atoms with Crippen LogP contribution in [-0.2, 0) is 4.79 Å². The molecule has 0 aromatic rings. The molecule has 1 amide bonds. The molecule has 0 spiro atoms. The number of likely N-dealkylation sites (N-methyl/N-ethyl adjacent to an activating group) is 1. The van der Waals surface area contributed by atoms with Crippen molar-refractivity contribution in [3.63, 3.8) is 0 Å². The fraction of sp³-hybridized carbons (Fsp3) is 0.900. The molecule has 0 unspecified atom stereocenters. The van der Waals surface area contributed by atoms with E-state index in [0.29, 0.717) is 11.9 Å². The fourth-order valence-electron chi connectivity index (χ4n) is 1.78. The lowest BCUT2D eigenvalue weighted by Crippen LogP contribution is -2.36. The Morgan fingerprint density at radius 3 is 2.71 bits per heavy atom. The predicted octanol–water partition coefficient (Wildman–Crippen LogP) is 1.27. The van der Waals surface area contributed by atoms with Crippen LogP contribution in [0.2, 0.25) is 0 Å². The Morgan fingerprint density at radius 1 is 1.57 bits per heavy atom. The van der Waals surface area contributed by atoms with Crippen LogP contribution in [0.25, 0.3) is 0 Å². The standard InChI is InChI=1S/C10H20N2O.ClH/c1-4-11-9-5-6-12(7-9)10(13)8(2)3;/h8-9,11H,4-7H2,1-3H3;1H/t9-;/m1./s1. The number of rotatable bonds is 3. The molecule has 1 rings (SSSR count). The summed E-state index contributed by atoms with van der Waals surface area (Å²) in [6.45, 7) is 8.84. The van der Waals surface area contributed by atoms with Crippen molar-refractivity contribution in [1.29, 1.82) is 0 Å². The first kappa shape index (κ1) is 13.7. The van der Waals surface area contributed by atoms with Crippen LogP contribution < -0.4 is 5.32 Å². The lowest BCUT2D eigenvalue weighted by Gasteiger charge is -2.18. The first-order valence-electron chi connectivity index (χ1n) is 5.17. The highest BCUT2D eigenvalue weighted by Gasteiger charge is 2.26. The molecule has 0 aliphatic carbocycles. The van der Waals surface area contributed by atoms with Crippen LogP contribution in [0.5, 0.6) is 0 Å². The number of hydrogen-bond donors (Lipinski definition) is 1. The van der Waals surface area contributed by atoms with Gasteiger partial charge in [-0.2, -0.15) is 0 Å². The third-order valence-electron chi connectivity index (χ3n) is 2.49. The van der Waals surface area contributed by atoms with Crippen LogP contribution in [0.15, 0.2) is 0 Å². The number of amides is 1. The molecule has 0 bridgehead atoms. The number of halogens is 1. The van der Waals surface area contributed by atoms with Crippen LogP contribution in [0.3, 0.4) is 0 Å². The molecule has 14 heavy (non-hydrogen) atoms. The van der Waals surface area contributed by atoms with E-state index in [-0.39, 0.29) is 18.3 Å². The van der Waals surface area contributed by atoms with Crippen LogP contribution in [0, 0.1) is 5.92 Å². The van der Waals surface area contributed by atoms with E-state index >= 15 is 0 Å². The zero-order valence-corrected chi connectivity index (χ0v) is 10.1. The van der Waals surface area contributed by atoms with Crippen molar-refractivity contribution >= 4 is 18.3 Å². The van der Waals surface area contributed by atoms with Crippen LogP contribution in [0.4, 0.5) is 0 Å². The van der Waals surface area contributed by atoms with Gasteiger partial charge in [0, 0.05) is 25.0 Å².